The third-order valence-electron chi connectivity index (χ3n) is 5.48. The number of hydrogen-bond acceptors (Lipinski definition) is 8. The van der Waals surface area contributed by atoms with Crippen LogP contribution in [0.25, 0.3) is 0 Å². The second-order valence-corrected chi connectivity index (χ2v) is 8.69. The van der Waals surface area contributed by atoms with Crippen molar-refractivity contribution in [2.75, 3.05) is 26.4 Å². The monoisotopic (exact) mass is 439 g/mol. The Morgan fingerprint density at radius 3 is 2.58 bits per heavy atom. The maximum Gasteiger partial charge on any atom is 0.227 e. The van der Waals surface area contributed by atoms with Gasteiger partial charge in [-0.25, -0.2) is 0 Å². The van der Waals surface area contributed by atoms with E-state index in [1.54, 1.807) is 0 Å². The van der Waals surface area contributed by atoms with Gasteiger partial charge in [0.05, 0.1) is 37.8 Å². The van der Waals surface area contributed by atoms with E-state index in [4.69, 9.17) is 4.74 Å². The fourth-order valence-corrected chi connectivity index (χ4v) is 3.53. The van der Waals surface area contributed by atoms with Gasteiger partial charge in [0.25, 0.3) is 0 Å². The van der Waals surface area contributed by atoms with E-state index in [0.29, 0.717) is 12.8 Å². The number of epoxide rings is 1. The smallest absolute Gasteiger partial charge is 0.227 e. The van der Waals surface area contributed by atoms with E-state index < -0.39 is 43.0 Å². The zero-order valence-electron chi connectivity index (χ0n) is 18.6. The SMILES string of the molecule is CCCNC1=CC(C(=O)N[C@@H](CO)C(O)NC(CC(C)C)C(=O)C2(CO)CO2)CC=C1. The van der Waals surface area contributed by atoms with E-state index in [2.05, 4.69) is 22.9 Å². The first-order valence-electron chi connectivity index (χ1n) is 11.0. The van der Waals surface area contributed by atoms with E-state index in [-0.39, 0.29) is 24.2 Å². The second kappa shape index (κ2) is 11.7. The maximum atomic E-state index is 12.8. The van der Waals surface area contributed by atoms with Gasteiger partial charge in [-0.1, -0.05) is 26.8 Å². The number of ketones is 1. The van der Waals surface area contributed by atoms with Crippen LogP contribution >= 0.6 is 0 Å². The molecular formula is C22H37N3O6. The molecule has 1 heterocycles. The van der Waals surface area contributed by atoms with Crippen molar-refractivity contribution < 1.29 is 29.6 Å². The molecule has 0 bridgehead atoms. The van der Waals surface area contributed by atoms with Crippen LogP contribution in [-0.2, 0) is 14.3 Å². The quantitative estimate of drug-likeness (QED) is 0.158. The first kappa shape index (κ1) is 25.5. The Morgan fingerprint density at radius 1 is 1.32 bits per heavy atom. The van der Waals surface area contributed by atoms with E-state index in [1.165, 1.54) is 0 Å². The van der Waals surface area contributed by atoms with Crippen LogP contribution in [0.15, 0.2) is 23.9 Å². The molecule has 176 valence electrons. The first-order valence-corrected chi connectivity index (χ1v) is 11.0. The highest BCUT2D eigenvalue weighted by Crippen LogP contribution is 2.30. The Bertz CT molecular complexity index is 674. The average Bonchev–Trinajstić information content (AvgIpc) is 3.56. The van der Waals surface area contributed by atoms with Crippen molar-refractivity contribution in [1.29, 1.82) is 0 Å². The summed E-state index contributed by atoms with van der Waals surface area (Å²) in [6, 6.07) is -1.77. The van der Waals surface area contributed by atoms with Gasteiger partial charge in [0, 0.05) is 12.2 Å². The third-order valence-corrected chi connectivity index (χ3v) is 5.48. The Labute approximate surface area is 183 Å². The van der Waals surface area contributed by atoms with Crippen molar-refractivity contribution >= 4 is 11.7 Å². The summed E-state index contributed by atoms with van der Waals surface area (Å²) in [5.74, 6) is -0.934. The minimum absolute atomic E-state index is 0.138. The molecule has 0 aromatic heterocycles. The molecule has 1 aliphatic carbocycles. The number of carbonyl (C=O) groups excluding carboxylic acids is 2. The highest BCUT2D eigenvalue weighted by molar-refractivity contribution is 5.94. The molecule has 4 unspecified atom stereocenters. The fraction of sp³-hybridized carbons (Fsp3) is 0.727. The van der Waals surface area contributed by atoms with Crippen molar-refractivity contribution in [2.24, 2.45) is 11.8 Å². The number of carbonyl (C=O) groups is 2. The third kappa shape index (κ3) is 7.11. The highest BCUT2D eigenvalue weighted by Gasteiger charge is 2.54. The molecule has 0 saturated carbocycles. The van der Waals surface area contributed by atoms with Gasteiger partial charge in [-0.3, -0.25) is 14.9 Å². The lowest BCUT2D eigenvalue weighted by atomic mass is 9.92. The Balaban J connectivity index is 2.00. The molecule has 1 saturated heterocycles. The molecule has 1 fully saturated rings. The molecule has 0 radical (unpaired) electrons. The van der Waals surface area contributed by atoms with Crippen LogP contribution in [0.1, 0.15) is 40.0 Å². The van der Waals surface area contributed by atoms with Gasteiger partial charge >= 0.3 is 0 Å². The Morgan fingerprint density at radius 2 is 2.03 bits per heavy atom. The minimum atomic E-state index is -1.35. The number of aliphatic hydroxyl groups is 3. The van der Waals surface area contributed by atoms with Gasteiger partial charge < -0.3 is 30.7 Å². The molecule has 0 aromatic rings. The summed E-state index contributed by atoms with van der Waals surface area (Å²) < 4.78 is 5.16. The largest absolute Gasteiger partial charge is 0.394 e. The molecule has 0 aromatic carbocycles. The predicted octanol–water partition coefficient (Wildman–Crippen LogP) is -0.424. The van der Waals surface area contributed by atoms with Gasteiger partial charge in [-0.2, -0.15) is 0 Å². The zero-order chi connectivity index (χ0) is 23.0. The van der Waals surface area contributed by atoms with Crippen LogP contribution in [0.3, 0.4) is 0 Å². The minimum Gasteiger partial charge on any atom is -0.394 e. The number of rotatable bonds is 14. The highest BCUT2D eigenvalue weighted by atomic mass is 16.6. The molecule has 31 heavy (non-hydrogen) atoms. The fourth-order valence-electron chi connectivity index (χ4n) is 3.53. The summed E-state index contributed by atoms with van der Waals surface area (Å²) in [5.41, 5.74) is -0.348. The van der Waals surface area contributed by atoms with Crippen molar-refractivity contribution in [3.63, 3.8) is 0 Å². The van der Waals surface area contributed by atoms with Crippen molar-refractivity contribution in [2.45, 2.75) is 63.9 Å². The normalized spacial score (nSPS) is 25.5. The number of Topliss-reactive ketones (excluding diaryl/α,β-unsaturated/α-hetero) is 1. The Hall–Kier alpha value is -1.78. The lowest BCUT2D eigenvalue weighted by Crippen LogP contribution is -2.58. The van der Waals surface area contributed by atoms with Crippen LogP contribution in [-0.4, -0.2) is 77.3 Å². The summed E-state index contributed by atoms with van der Waals surface area (Å²) in [4.78, 5) is 25.5. The summed E-state index contributed by atoms with van der Waals surface area (Å²) in [6.45, 7) is 5.95. The summed E-state index contributed by atoms with van der Waals surface area (Å²) in [5, 5.41) is 38.6. The van der Waals surface area contributed by atoms with Crippen LogP contribution in [0, 0.1) is 11.8 Å². The number of aliphatic hydroxyl groups excluding tert-OH is 3. The first-order chi connectivity index (χ1) is 14.8. The summed E-state index contributed by atoms with van der Waals surface area (Å²) in [7, 11) is 0. The number of allylic oxidation sites excluding steroid dienone is 2. The van der Waals surface area contributed by atoms with Crippen LogP contribution in [0.2, 0.25) is 0 Å². The molecule has 9 nitrogen and oxygen atoms in total. The van der Waals surface area contributed by atoms with Gasteiger partial charge in [0.1, 0.15) is 6.23 Å². The molecule has 6 N–H and O–H groups in total. The topological polar surface area (TPSA) is 143 Å². The summed E-state index contributed by atoms with van der Waals surface area (Å²) >= 11 is 0. The van der Waals surface area contributed by atoms with Gasteiger partial charge in [0.15, 0.2) is 11.4 Å². The number of hydrogen-bond donors (Lipinski definition) is 6. The van der Waals surface area contributed by atoms with Crippen LogP contribution in [0.4, 0.5) is 0 Å². The number of ether oxygens (including phenoxy) is 1. The van der Waals surface area contributed by atoms with E-state index in [1.807, 2.05) is 32.1 Å². The van der Waals surface area contributed by atoms with Crippen molar-refractivity contribution in [1.82, 2.24) is 16.0 Å². The lowest BCUT2D eigenvalue weighted by Gasteiger charge is -2.30. The number of amides is 1. The van der Waals surface area contributed by atoms with Gasteiger partial charge in [-0.05, 0) is 37.3 Å². The molecule has 2 aliphatic rings. The van der Waals surface area contributed by atoms with Crippen LogP contribution in [0.5, 0.6) is 0 Å². The standard InChI is InChI=1S/C22H37N3O6/c1-4-8-23-16-7-5-6-15(10-16)20(29)25-18(11-26)21(30)24-17(9-14(2)3)19(28)22(12-27)13-31-22/h5,7,10,14-15,17-18,21,23-24,26-27,30H,4,6,8-9,11-13H2,1-3H3,(H,25,29)/t15?,17?,18-,21?,22?/m0/s1. The average molecular weight is 440 g/mol. The van der Waals surface area contributed by atoms with E-state index in [0.717, 1.165) is 18.7 Å². The number of nitrogens with one attached hydrogen (secondary N) is 3. The Kier molecular flexibility index (Phi) is 9.64. The molecule has 2 rings (SSSR count). The van der Waals surface area contributed by atoms with Crippen molar-refractivity contribution in [3.8, 4) is 0 Å². The van der Waals surface area contributed by atoms with E-state index in [9.17, 15) is 24.9 Å². The lowest BCUT2D eigenvalue weighted by molar-refractivity contribution is -0.129. The van der Waals surface area contributed by atoms with E-state index >= 15 is 0 Å². The molecule has 0 spiro atoms. The van der Waals surface area contributed by atoms with Gasteiger partial charge in [0.2, 0.25) is 5.91 Å². The maximum absolute atomic E-state index is 12.8. The second-order valence-electron chi connectivity index (χ2n) is 8.69. The zero-order valence-corrected chi connectivity index (χ0v) is 18.6. The van der Waals surface area contributed by atoms with Crippen molar-refractivity contribution in [3.05, 3.63) is 23.9 Å². The molecule has 1 aliphatic heterocycles. The molecular weight excluding hydrogens is 402 g/mol. The molecule has 1 amide bonds. The molecule has 5 atom stereocenters. The summed E-state index contributed by atoms with van der Waals surface area (Å²) in [6.07, 6.45) is 6.22. The predicted molar refractivity (Wildman–Crippen MR) is 116 cm³/mol. The van der Waals surface area contributed by atoms with Gasteiger partial charge in [-0.15, -0.1) is 0 Å². The molecule has 9 heteroatoms. The van der Waals surface area contributed by atoms with Crippen LogP contribution < -0.4 is 16.0 Å².